The van der Waals surface area contributed by atoms with Crippen molar-refractivity contribution in [2.45, 2.75) is 30.4 Å². The molecule has 1 atom stereocenters. The predicted molar refractivity (Wildman–Crippen MR) is 66.2 cm³/mol. The molecule has 1 N–H and O–H groups in total. The summed E-state index contributed by atoms with van der Waals surface area (Å²) in [7, 11) is 0. The molecule has 2 nitrogen and oxygen atoms in total. The van der Waals surface area contributed by atoms with E-state index in [2.05, 4.69) is 0 Å². The first kappa shape index (κ1) is 11.8. The van der Waals surface area contributed by atoms with Gasteiger partial charge in [-0.05, 0) is 44.0 Å². The second-order valence-electron chi connectivity index (χ2n) is 4.59. The fourth-order valence-electron chi connectivity index (χ4n) is 1.76. The summed E-state index contributed by atoms with van der Waals surface area (Å²) in [5, 5.41) is 9.99. The molecule has 4 heteroatoms. The van der Waals surface area contributed by atoms with Crippen LogP contribution in [0.1, 0.15) is 19.4 Å². The van der Waals surface area contributed by atoms with Crippen LogP contribution >= 0.6 is 23.4 Å². The van der Waals surface area contributed by atoms with E-state index in [4.69, 9.17) is 11.6 Å². The lowest BCUT2D eigenvalue weighted by Gasteiger charge is -2.25. The largest absolute Gasteiger partial charge is 0.481 e. The first-order valence-electron chi connectivity index (χ1n) is 5.10. The highest BCUT2D eigenvalue weighted by Crippen LogP contribution is 2.45. The van der Waals surface area contributed by atoms with Crippen LogP contribution in [-0.2, 0) is 11.2 Å². The minimum absolute atomic E-state index is 0.0819. The van der Waals surface area contributed by atoms with Crippen molar-refractivity contribution in [2.75, 3.05) is 0 Å². The Morgan fingerprint density at radius 3 is 2.88 bits per heavy atom. The van der Waals surface area contributed by atoms with Gasteiger partial charge in [0.15, 0.2) is 0 Å². The molecular weight excluding hydrogens is 244 g/mol. The summed E-state index contributed by atoms with van der Waals surface area (Å²) in [6.07, 6.45) is 0.778. The molecule has 2 rings (SSSR count). The molecule has 0 saturated carbocycles. The molecule has 0 radical (unpaired) electrons. The number of rotatable bonds is 2. The van der Waals surface area contributed by atoms with E-state index >= 15 is 0 Å². The lowest BCUT2D eigenvalue weighted by Crippen LogP contribution is -2.34. The maximum Gasteiger partial charge on any atom is 0.310 e. The van der Waals surface area contributed by atoms with Gasteiger partial charge in [-0.15, -0.1) is 11.8 Å². The Hall–Kier alpha value is -0.670. The van der Waals surface area contributed by atoms with Crippen molar-refractivity contribution in [3.05, 3.63) is 28.8 Å². The summed E-state index contributed by atoms with van der Waals surface area (Å²) in [5.41, 5.74) is 0.452. The molecule has 0 bridgehead atoms. The van der Waals surface area contributed by atoms with Crippen molar-refractivity contribution in [3.8, 4) is 0 Å². The van der Waals surface area contributed by atoms with Crippen molar-refractivity contribution < 1.29 is 9.90 Å². The van der Waals surface area contributed by atoms with Crippen LogP contribution in [-0.4, -0.2) is 16.3 Å². The molecule has 1 aromatic rings. The monoisotopic (exact) mass is 256 g/mol. The van der Waals surface area contributed by atoms with Crippen LogP contribution in [0, 0.1) is 5.41 Å². The summed E-state index contributed by atoms with van der Waals surface area (Å²) < 4.78 is 0. The van der Waals surface area contributed by atoms with E-state index in [-0.39, 0.29) is 5.25 Å². The van der Waals surface area contributed by atoms with Crippen LogP contribution in [0.3, 0.4) is 0 Å². The molecule has 0 fully saturated rings. The van der Waals surface area contributed by atoms with Gasteiger partial charge >= 0.3 is 5.97 Å². The Bertz CT molecular complexity index is 443. The van der Waals surface area contributed by atoms with Crippen molar-refractivity contribution in [3.63, 3.8) is 0 Å². The lowest BCUT2D eigenvalue weighted by molar-refractivity contribution is -0.146. The molecule has 1 aliphatic rings. The van der Waals surface area contributed by atoms with Crippen LogP contribution in [0.2, 0.25) is 5.02 Å². The molecule has 0 aromatic heterocycles. The maximum absolute atomic E-state index is 11.2. The number of aliphatic carboxylic acids is 1. The van der Waals surface area contributed by atoms with E-state index in [1.54, 1.807) is 25.6 Å². The summed E-state index contributed by atoms with van der Waals surface area (Å²) >= 11 is 7.56. The molecule has 86 valence electrons. The molecular formula is C12H13ClO2S. The Morgan fingerprint density at radius 1 is 1.56 bits per heavy atom. The molecule has 0 amide bonds. The number of fused-ring (bicyclic) bond motifs is 1. The summed E-state index contributed by atoms with van der Waals surface area (Å²) in [4.78, 5) is 12.3. The zero-order valence-electron chi connectivity index (χ0n) is 9.16. The Kier molecular flexibility index (Phi) is 2.93. The maximum atomic E-state index is 11.2. The van der Waals surface area contributed by atoms with Gasteiger partial charge in [-0.3, -0.25) is 4.79 Å². The SMILES string of the molecule is CC(C)(C(=O)O)C1Cc2cc(Cl)ccc2S1. The van der Waals surface area contributed by atoms with Crippen LogP contribution in [0.5, 0.6) is 0 Å². The normalized spacial score (nSPS) is 19.6. The number of halogens is 1. The minimum atomic E-state index is -0.746. The molecule has 0 aliphatic carbocycles. The third kappa shape index (κ3) is 1.94. The highest BCUT2D eigenvalue weighted by molar-refractivity contribution is 8.00. The van der Waals surface area contributed by atoms with Crippen molar-refractivity contribution in [2.24, 2.45) is 5.41 Å². The van der Waals surface area contributed by atoms with E-state index in [9.17, 15) is 9.90 Å². The highest BCUT2D eigenvalue weighted by Gasteiger charge is 2.40. The molecule has 1 unspecified atom stereocenters. The van der Waals surface area contributed by atoms with E-state index in [1.807, 2.05) is 18.2 Å². The van der Waals surface area contributed by atoms with Gasteiger partial charge in [-0.25, -0.2) is 0 Å². The fourth-order valence-corrected chi connectivity index (χ4v) is 3.36. The van der Waals surface area contributed by atoms with Gasteiger partial charge in [0.1, 0.15) is 0 Å². The van der Waals surface area contributed by atoms with Crippen LogP contribution in [0.25, 0.3) is 0 Å². The molecule has 1 heterocycles. The highest BCUT2D eigenvalue weighted by atomic mass is 35.5. The third-order valence-electron chi connectivity index (χ3n) is 3.05. The van der Waals surface area contributed by atoms with E-state index in [1.165, 1.54) is 0 Å². The van der Waals surface area contributed by atoms with E-state index < -0.39 is 11.4 Å². The standard InChI is InChI=1S/C12H13ClO2S/c1-12(2,11(14)15)10-6-7-5-8(13)3-4-9(7)16-10/h3-5,10H,6H2,1-2H3,(H,14,15). The first-order chi connectivity index (χ1) is 7.41. The number of carboxylic acids is 1. The Labute approximate surface area is 104 Å². The van der Waals surface area contributed by atoms with Crippen LogP contribution < -0.4 is 0 Å². The average Bonchev–Trinajstić information content (AvgIpc) is 2.60. The molecule has 1 aliphatic heterocycles. The topological polar surface area (TPSA) is 37.3 Å². The Balaban J connectivity index is 2.26. The predicted octanol–water partition coefficient (Wildman–Crippen LogP) is 3.47. The molecule has 0 spiro atoms. The van der Waals surface area contributed by atoms with Gasteiger partial charge in [0.25, 0.3) is 0 Å². The molecule has 0 saturated heterocycles. The number of hydrogen-bond donors (Lipinski definition) is 1. The smallest absolute Gasteiger partial charge is 0.310 e. The van der Waals surface area contributed by atoms with Crippen LogP contribution in [0.4, 0.5) is 0 Å². The second kappa shape index (κ2) is 3.97. The lowest BCUT2D eigenvalue weighted by atomic mass is 9.86. The van der Waals surface area contributed by atoms with Gasteiger partial charge in [0.05, 0.1) is 5.41 Å². The minimum Gasteiger partial charge on any atom is -0.481 e. The van der Waals surface area contributed by atoms with Crippen molar-refractivity contribution in [1.29, 1.82) is 0 Å². The molecule has 16 heavy (non-hydrogen) atoms. The number of benzene rings is 1. The number of carbonyl (C=O) groups is 1. The Morgan fingerprint density at radius 2 is 2.25 bits per heavy atom. The van der Waals surface area contributed by atoms with E-state index in [0.29, 0.717) is 5.02 Å². The second-order valence-corrected chi connectivity index (χ2v) is 6.27. The van der Waals surface area contributed by atoms with Gasteiger partial charge < -0.3 is 5.11 Å². The van der Waals surface area contributed by atoms with Gasteiger partial charge in [0.2, 0.25) is 0 Å². The quantitative estimate of drug-likeness (QED) is 0.880. The van der Waals surface area contributed by atoms with Crippen molar-refractivity contribution >= 4 is 29.3 Å². The molecule has 1 aromatic carbocycles. The third-order valence-corrected chi connectivity index (χ3v) is 4.98. The summed E-state index contributed by atoms with van der Waals surface area (Å²) in [6, 6.07) is 5.76. The number of carboxylic acid groups (broad SMARTS) is 1. The number of hydrogen-bond acceptors (Lipinski definition) is 2. The number of thioether (sulfide) groups is 1. The van der Waals surface area contributed by atoms with Crippen molar-refractivity contribution in [1.82, 2.24) is 0 Å². The first-order valence-corrected chi connectivity index (χ1v) is 6.35. The fraction of sp³-hybridized carbons (Fsp3) is 0.417. The zero-order chi connectivity index (χ0) is 11.9. The summed E-state index contributed by atoms with van der Waals surface area (Å²) in [5.74, 6) is -0.746. The van der Waals surface area contributed by atoms with Crippen LogP contribution in [0.15, 0.2) is 23.1 Å². The van der Waals surface area contributed by atoms with E-state index in [0.717, 1.165) is 16.9 Å². The van der Waals surface area contributed by atoms with Gasteiger partial charge in [0, 0.05) is 15.2 Å². The summed E-state index contributed by atoms with van der Waals surface area (Å²) in [6.45, 7) is 3.56. The zero-order valence-corrected chi connectivity index (χ0v) is 10.7. The van der Waals surface area contributed by atoms with Gasteiger partial charge in [-0.2, -0.15) is 0 Å². The van der Waals surface area contributed by atoms with Gasteiger partial charge in [-0.1, -0.05) is 11.6 Å². The average molecular weight is 257 g/mol.